The monoisotopic (exact) mass is 352 g/mol. The lowest BCUT2D eigenvalue weighted by Gasteiger charge is -2.31. The Kier molecular flexibility index (Phi) is 5.13. The van der Waals surface area contributed by atoms with Gasteiger partial charge in [0.1, 0.15) is 5.25 Å². The van der Waals surface area contributed by atoms with Crippen molar-refractivity contribution in [3.05, 3.63) is 54.6 Å². The highest BCUT2D eigenvalue weighted by Gasteiger charge is 2.40. The minimum atomic E-state index is -0.638. The normalized spacial score (nSPS) is 18.0. The summed E-state index contributed by atoms with van der Waals surface area (Å²) in [5.41, 5.74) is 1.19. The molecule has 0 aromatic heterocycles. The van der Waals surface area contributed by atoms with Crippen LogP contribution in [-0.4, -0.2) is 16.8 Å². The topological polar surface area (TPSA) is 58.9 Å². The molecule has 1 fully saturated rings. The highest BCUT2D eigenvalue weighted by molar-refractivity contribution is 8.01. The van der Waals surface area contributed by atoms with Crippen LogP contribution < -0.4 is 0 Å². The molecule has 2 aromatic carbocycles. The van der Waals surface area contributed by atoms with E-state index >= 15 is 0 Å². The highest BCUT2D eigenvalue weighted by atomic mass is 32.2. The van der Waals surface area contributed by atoms with Gasteiger partial charge in [0, 0.05) is 17.7 Å². The van der Waals surface area contributed by atoms with E-state index in [0.717, 1.165) is 10.6 Å². The van der Waals surface area contributed by atoms with Crippen molar-refractivity contribution in [2.45, 2.75) is 36.8 Å². The van der Waals surface area contributed by atoms with Gasteiger partial charge < -0.3 is 0 Å². The molecule has 128 valence electrons. The lowest BCUT2D eigenvalue weighted by Crippen LogP contribution is -2.39. The molecule has 0 N–H and O–H groups in total. The fourth-order valence-electron chi connectivity index (χ4n) is 2.87. The summed E-state index contributed by atoms with van der Waals surface area (Å²) in [6, 6.07) is 16.9. The quantitative estimate of drug-likeness (QED) is 0.537. The Morgan fingerprint density at radius 2 is 1.48 bits per heavy atom. The molecule has 4 nitrogen and oxygen atoms in total. The van der Waals surface area contributed by atoms with Crippen LogP contribution >= 0.6 is 11.8 Å². The average molecular weight is 352 g/mol. The number of hydrogen-bond acceptors (Lipinski definition) is 5. The van der Waals surface area contributed by atoms with Crippen LogP contribution in [0.3, 0.4) is 0 Å². The van der Waals surface area contributed by atoms with Crippen molar-refractivity contribution in [3.63, 3.8) is 0 Å². The average Bonchev–Trinajstić information content (AvgIpc) is 2.57. The van der Waals surface area contributed by atoms with Gasteiger partial charge in [0.05, 0.1) is 11.4 Å². The molecule has 1 aliphatic carbocycles. The maximum Gasteiger partial charge on any atom is 0.154 e. The summed E-state index contributed by atoms with van der Waals surface area (Å²) < 4.78 is 0. The van der Waals surface area contributed by atoms with Gasteiger partial charge in [-0.15, -0.1) is 16.9 Å². The molecule has 3 rings (SSSR count). The minimum absolute atomic E-state index is 0.000973. The van der Waals surface area contributed by atoms with E-state index < -0.39 is 5.25 Å². The van der Waals surface area contributed by atoms with E-state index in [1.807, 2.05) is 68.4 Å². The van der Waals surface area contributed by atoms with Crippen molar-refractivity contribution in [3.8, 4) is 0 Å². The molecule has 1 saturated carbocycles. The van der Waals surface area contributed by atoms with Crippen molar-refractivity contribution in [1.82, 2.24) is 0 Å². The van der Waals surface area contributed by atoms with Gasteiger partial charge in [0.2, 0.25) is 0 Å². The summed E-state index contributed by atoms with van der Waals surface area (Å²) in [6.45, 7) is 3.93. The van der Waals surface area contributed by atoms with E-state index in [2.05, 4.69) is 10.2 Å². The molecule has 5 heteroatoms. The zero-order valence-corrected chi connectivity index (χ0v) is 15.1. The van der Waals surface area contributed by atoms with Crippen molar-refractivity contribution in [1.29, 1.82) is 0 Å². The molecule has 0 heterocycles. The first-order valence-corrected chi connectivity index (χ1v) is 9.10. The number of benzene rings is 2. The second-order valence-electron chi connectivity index (χ2n) is 6.95. The molecule has 0 saturated heterocycles. The third kappa shape index (κ3) is 4.42. The molecule has 25 heavy (non-hydrogen) atoms. The van der Waals surface area contributed by atoms with E-state index in [0.29, 0.717) is 18.5 Å². The number of ketones is 2. The van der Waals surface area contributed by atoms with Gasteiger partial charge in [-0.3, -0.25) is 9.59 Å². The Bertz CT molecular complexity index is 795. The lowest BCUT2D eigenvalue weighted by atomic mass is 9.76. The Balaban J connectivity index is 1.81. The predicted molar refractivity (Wildman–Crippen MR) is 99.7 cm³/mol. The van der Waals surface area contributed by atoms with Gasteiger partial charge in [0.15, 0.2) is 11.6 Å². The summed E-state index contributed by atoms with van der Waals surface area (Å²) in [7, 11) is 0. The maximum atomic E-state index is 12.4. The van der Waals surface area contributed by atoms with Crippen LogP contribution in [0, 0.1) is 5.41 Å². The van der Waals surface area contributed by atoms with Gasteiger partial charge in [-0.25, -0.2) is 0 Å². The van der Waals surface area contributed by atoms with Gasteiger partial charge in [-0.05, 0) is 29.7 Å². The first kappa shape index (κ1) is 17.5. The van der Waals surface area contributed by atoms with Crippen LogP contribution in [0.5, 0.6) is 0 Å². The van der Waals surface area contributed by atoms with Crippen molar-refractivity contribution >= 4 is 34.7 Å². The molecule has 1 aliphatic rings. The minimum Gasteiger partial charge on any atom is -0.298 e. The van der Waals surface area contributed by atoms with Gasteiger partial charge in [-0.1, -0.05) is 44.2 Å². The summed E-state index contributed by atoms with van der Waals surface area (Å²) in [4.78, 5) is 25.6. The molecule has 0 spiro atoms. The van der Waals surface area contributed by atoms with E-state index in [1.165, 1.54) is 11.8 Å². The Morgan fingerprint density at radius 1 is 0.880 bits per heavy atom. The fraction of sp³-hybridized carbons (Fsp3) is 0.300. The fourth-order valence-corrected chi connectivity index (χ4v) is 3.95. The third-order valence-electron chi connectivity index (χ3n) is 4.03. The largest absolute Gasteiger partial charge is 0.298 e. The molecule has 2 aromatic rings. The number of carbonyl (C=O) groups is 2. The van der Waals surface area contributed by atoms with E-state index in [1.54, 1.807) is 0 Å². The number of thioether (sulfide) groups is 1. The third-order valence-corrected chi connectivity index (χ3v) is 5.39. The van der Waals surface area contributed by atoms with Gasteiger partial charge >= 0.3 is 0 Å². The molecule has 0 unspecified atom stereocenters. The second-order valence-corrected chi connectivity index (χ2v) is 8.10. The van der Waals surface area contributed by atoms with Crippen LogP contribution in [0.2, 0.25) is 0 Å². The number of rotatable bonds is 4. The van der Waals surface area contributed by atoms with Crippen LogP contribution in [0.25, 0.3) is 0 Å². The van der Waals surface area contributed by atoms with Crippen LogP contribution in [0.15, 0.2) is 69.7 Å². The Morgan fingerprint density at radius 3 is 2.16 bits per heavy atom. The number of carbonyl (C=O) groups excluding carboxylic acids is 2. The Labute approximate surface area is 151 Å². The molecular weight excluding hydrogens is 332 g/mol. The van der Waals surface area contributed by atoms with Crippen molar-refractivity contribution in [2.24, 2.45) is 15.6 Å². The Hall–Kier alpha value is -2.27. The molecule has 0 atom stereocenters. The number of Topliss-reactive ketones (excluding diaryl/α,β-unsaturated/α-hetero) is 2. The second kappa shape index (κ2) is 7.31. The van der Waals surface area contributed by atoms with Crippen LogP contribution in [0.4, 0.5) is 11.4 Å². The summed E-state index contributed by atoms with van der Waals surface area (Å²) in [6.07, 6.45) is 0.869. The van der Waals surface area contributed by atoms with Gasteiger partial charge in [-0.2, -0.15) is 5.11 Å². The smallest absolute Gasteiger partial charge is 0.154 e. The first-order valence-electron chi connectivity index (χ1n) is 8.22. The summed E-state index contributed by atoms with van der Waals surface area (Å²) in [5.74, 6) is 0.00195. The molecular formula is C20H20N2O2S. The van der Waals surface area contributed by atoms with Gasteiger partial charge in [0.25, 0.3) is 0 Å². The van der Waals surface area contributed by atoms with E-state index in [4.69, 9.17) is 0 Å². The predicted octanol–water partition coefficient (Wildman–Crippen LogP) is 5.52. The summed E-state index contributed by atoms with van der Waals surface area (Å²) in [5, 5.41) is 7.90. The molecule has 0 amide bonds. The number of hydrogen-bond donors (Lipinski definition) is 0. The SMILES string of the molecule is CC1(C)CC(=O)C(Sc2ccccc2N=Nc2ccccc2)C(=O)C1. The van der Waals surface area contributed by atoms with Crippen molar-refractivity contribution < 1.29 is 9.59 Å². The standard InChI is InChI=1S/C20H20N2O2S/c1-20(2)12-16(23)19(17(24)13-20)25-18-11-7-6-10-15(18)22-21-14-8-4-3-5-9-14/h3-11,19H,12-13H2,1-2H3. The molecule has 0 bridgehead atoms. The van der Waals surface area contributed by atoms with Crippen molar-refractivity contribution in [2.75, 3.05) is 0 Å². The number of azo groups is 1. The van der Waals surface area contributed by atoms with Crippen LogP contribution in [0.1, 0.15) is 26.7 Å². The summed E-state index contributed by atoms with van der Waals surface area (Å²) >= 11 is 1.29. The zero-order chi connectivity index (χ0) is 17.9. The maximum absolute atomic E-state index is 12.4. The lowest BCUT2D eigenvalue weighted by molar-refractivity contribution is -0.132. The molecule has 0 aliphatic heterocycles. The first-order chi connectivity index (χ1) is 11.9. The highest BCUT2D eigenvalue weighted by Crippen LogP contribution is 2.40. The molecule has 0 radical (unpaired) electrons. The van der Waals surface area contributed by atoms with E-state index in [-0.39, 0.29) is 17.0 Å². The van der Waals surface area contributed by atoms with Crippen LogP contribution in [-0.2, 0) is 9.59 Å². The van der Waals surface area contributed by atoms with E-state index in [9.17, 15) is 9.59 Å². The zero-order valence-electron chi connectivity index (χ0n) is 14.3. The number of nitrogens with zero attached hydrogens (tertiary/aromatic N) is 2.